The molecule has 35 heavy (non-hydrogen) atoms. The van der Waals surface area contributed by atoms with Gasteiger partial charge in [0.1, 0.15) is 5.75 Å². The van der Waals surface area contributed by atoms with Crippen molar-refractivity contribution in [3.8, 4) is 5.75 Å². The van der Waals surface area contributed by atoms with Crippen LogP contribution in [-0.2, 0) is 0 Å². The highest BCUT2D eigenvalue weighted by molar-refractivity contribution is 9.10. The number of anilines is 2. The number of ether oxygens (including phenoxy) is 1. The van der Waals surface area contributed by atoms with Crippen molar-refractivity contribution < 1.29 is 14.3 Å². The predicted octanol–water partition coefficient (Wildman–Crippen LogP) is 6.91. The van der Waals surface area contributed by atoms with Crippen molar-refractivity contribution in [3.63, 3.8) is 0 Å². The van der Waals surface area contributed by atoms with Crippen LogP contribution in [0.5, 0.6) is 5.75 Å². The van der Waals surface area contributed by atoms with Crippen molar-refractivity contribution in [1.29, 1.82) is 0 Å². The molecule has 0 radical (unpaired) electrons. The highest BCUT2D eigenvalue weighted by Gasteiger charge is 2.16. The first-order chi connectivity index (χ1) is 16.7. The maximum absolute atomic E-state index is 12.9. The number of amides is 2. The number of halogens is 2. The van der Waals surface area contributed by atoms with E-state index in [0.29, 0.717) is 45.8 Å². The Balaban J connectivity index is 1.64. The average molecular weight is 575 g/mol. The van der Waals surface area contributed by atoms with Crippen LogP contribution in [0.15, 0.2) is 71.2 Å². The predicted molar refractivity (Wildman–Crippen MR) is 149 cm³/mol. The zero-order valence-corrected chi connectivity index (χ0v) is 22.4. The Bertz CT molecular complexity index is 1240. The van der Waals surface area contributed by atoms with Gasteiger partial charge in [-0.25, -0.2) is 0 Å². The van der Waals surface area contributed by atoms with E-state index in [9.17, 15) is 9.59 Å². The molecule has 3 aromatic rings. The molecule has 0 fully saturated rings. The van der Waals surface area contributed by atoms with E-state index in [2.05, 4.69) is 45.7 Å². The average Bonchev–Trinajstić information content (AvgIpc) is 2.80. The molecule has 2 amide bonds. The summed E-state index contributed by atoms with van der Waals surface area (Å²) in [6.07, 6.45) is 0.873. The maximum Gasteiger partial charge on any atom is 0.261 e. The first kappa shape index (κ1) is 26.7. The van der Waals surface area contributed by atoms with Crippen molar-refractivity contribution >= 4 is 68.1 Å². The minimum atomic E-state index is -0.404. The van der Waals surface area contributed by atoms with Crippen molar-refractivity contribution in [2.24, 2.45) is 5.92 Å². The Morgan fingerprint density at radius 3 is 2.40 bits per heavy atom. The van der Waals surface area contributed by atoms with E-state index in [-0.39, 0.29) is 11.0 Å². The van der Waals surface area contributed by atoms with Crippen LogP contribution in [0.1, 0.15) is 41.0 Å². The summed E-state index contributed by atoms with van der Waals surface area (Å²) < 4.78 is 6.57. The summed E-state index contributed by atoms with van der Waals surface area (Å²) in [6.45, 7) is 4.73. The van der Waals surface area contributed by atoms with Crippen molar-refractivity contribution in [2.45, 2.75) is 20.3 Å². The molecule has 0 aliphatic heterocycles. The van der Waals surface area contributed by atoms with Gasteiger partial charge in [0.15, 0.2) is 5.11 Å². The lowest BCUT2D eigenvalue weighted by Crippen LogP contribution is -2.34. The second-order valence-electron chi connectivity index (χ2n) is 8.12. The number of rotatable bonds is 8. The quantitative estimate of drug-likeness (QED) is 0.255. The first-order valence-electron chi connectivity index (χ1n) is 10.9. The third kappa shape index (κ3) is 8.35. The Kier molecular flexibility index (Phi) is 9.65. The van der Waals surface area contributed by atoms with Gasteiger partial charge in [-0.15, -0.1) is 0 Å². The van der Waals surface area contributed by atoms with E-state index in [1.807, 2.05) is 6.07 Å². The summed E-state index contributed by atoms with van der Waals surface area (Å²) in [7, 11) is 0. The third-order valence-corrected chi connectivity index (χ3v) is 5.76. The number of hydrogen-bond donors (Lipinski definition) is 3. The molecule has 0 bridgehead atoms. The lowest BCUT2D eigenvalue weighted by atomic mass is 10.1. The van der Waals surface area contributed by atoms with Gasteiger partial charge in [0.2, 0.25) is 0 Å². The van der Waals surface area contributed by atoms with Gasteiger partial charge in [0.05, 0.1) is 12.2 Å². The molecule has 3 N–H and O–H groups in total. The van der Waals surface area contributed by atoms with Crippen LogP contribution < -0.4 is 20.7 Å². The van der Waals surface area contributed by atoms with Gasteiger partial charge in [0.25, 0.3) is 11.8 Å². The molecule has 0 unspecified atom stereocenters. The van der Waals surface area contributed by atoms with Crippen LogP contribution in [0.4, 0.5) is 11.4 Å². The van der Waals surface area contributed by atoms with Gasteiger partial charge in [-0.05, 0) is 79.2 Å². The second-order valence-corrected chi connectivity index (χ2v) is 9.89. The van der Waals surface area contributed by atoms with E-state index in [4.69, 9.17) is 28.6 Å². The summed E-state index contributed by atoms with van der Waals surface area (Å²) in [4.78, 5) is 25.5. The maximum atomic E-state index is 12.9. The first-order valence-corrected chi connectivity index (χ1v) is 12.5. The number of carbonyl (C=O) groups excluding carboxylic acids is 2. The molecule has 0 heterocycles. The normalized spacial score (nSPS) is 10.5. The fraction of sp³-hybridized carbons (Fsp3) is 0.192. The van der Waals surface area contributed by atoms with Gasteiger partial charge in [-0.1, -0.05) is 53.5 Å². The molecule has 9 heteroatoms. The summed E-state index contributed by atoms with van der Waals surface area (Å²) in [5.41, 5.74) is 1.92. The van der Waals surface area contributed by atoms with Crippen molar-refractivity contribution in [3.05, 3.63) is 87.4 Å². The molecule has 0 spiro atoms. The van der Waals surface area contributed by atoms with Crippen LogP contribution >= 0.6 is 39.7 Å². The third-order valence-electron chi connectivity index (χ3n) is 4.83. The van der Waals surface area contributed by atoms with Gasteiger partial charge in [-0.3, -0.25) is 14.9 Å². The fourth-order valence-corrected chi connectivity index (χ4v) is 3.81. The highest BCUT2D eigenvalue weighted by atomic mass is 79.9. The molecular weight excluding hydrogens is 550 g/mol. The molecule has 3 rings (SSSR count). The van der Waals surface area contributed by atoms with Crippen molar-refractivity contribution in [1.82, 2.24) is 5.32 Å². The molecular formula is C26H25BrClN3O3S. The van der Waals surface area contributed by atoms with Crippen LogP contribution in [0.2, 0.25) is 5.02 Å². The molecule has 6 nitrogen and oxygen atoms in total. The molecule has 0 saturated carbocycles. The van der Waals surface area contributed by atoms with Crippen LogP contribution in [0.3, 0.4) is 0 Å². The molecule has 182 valence electrons. The zero-order valence-electron chi connectivity index (χ0n) is 19.2. The summed E-state index contributed by atoms with van der Waals surface area (Å²) in [5, 5.41) is 9.04. The number of hydrogen-bond acceptors (Lipinski definition) is 4. The molecule has 0 aliphatic rings. The summed E-state index contributed by atoms with van der Waals surface area (Å²) in [6, 6.07) is 18.9. The fourth-order valence-electron chi connectivity index (χ4n) is 3.05. The minimum Gasteiger partial charge on any atom is -0.493 e. The van der Waals surface area contributed by atoms with Gasteiger partial charge < -0.3 is 15.4 Å². The lowest BCUT2D eigenvalue weighted by Gasteiger charge is -2.14. The Hall–Kier alpha value is -2.94. The zero-order chi connectivity index (χ0) is 25.4. The number of nitrogens with one attached hydrogen (secondary N) is 3. The molecule has 0 atom stereocenters. The van der Waals surface area contributed by atoms with Crippen LogP contribution in [0, 0.1) is 5.92 Å². The van der Waals surface area contributed by atoms with E-state index in [1.54, 1.807) is 60.7 Å². The van der Waals surface area contributed by atoms with Gasteiger partial charge in [-0.2, -0.15) is 0 Å². The number of thiocarbonyl (C=S) groups is 1. The van der Waals surface area contributed by atoms with E-state index >= 15 is 0 Å². The Labute approximate surface area is 223 Å². The second kappa shape index (κ2) is 12.7. The SMILES string of the molecule is CC(C)CCOc1ccc(Br)cc1C(=O)NC(=S)Nc1cccc(C(=O)Nc2cccc(Cl)c2)c1. The number of benzene rings is 3. The highest BCUT2D eigenvalue weighted by Crippen LogP contribution is 2.24. The minimum absolute atomic E-state index is 0.0931. The summed E-state index contributed by atoms with van der Waals surface area (Å²) >= 11 is 14.7. The topological polar surface area (TPSA) is 79.5 Å². The molecule has 3 aromatic carbocycles. The van der Waals surface area contributed by atoms with Gasteiger partial charge in [0, 0.05) is 26.4 Å². The standard InChI is InChI=1S/C26H25BrClN3O3S/c1-16(2)11-12-34-23-10-9-18(27)14-22(23)25(33)31-26(35)30-20-7-3-5-17(13-20)24(32)29-21-8-4-6-19(28)15-21/h3-10,13-16H,11-12H2,1-2H3,(H,29,32)(H2,30,31,33,35). The van der Waals surface area contributed by atoms with E-state index < -0.39 is 5.91 Å². The number of carbonyl (C=O) groups is 2. The molecule has 0 aliphatic carbocycles. The molecule has 0 aromatic heterocycles. The monoisotopic (exact) mass is 573 g/mol. The van der Waals surface area contributed by atoms with Crippen molar-refractivity contribution in [2.75, 3.05) is 17.2 Å². The van der Waals surface area contributed by atoms with E-state index in [1.165, 1.54) is 0 Å². The van der Waals surface area contributed by atoms with Crippen LogP contribution in [-0.4, -0.2) is 23.5 Å². The smallest absolute Gasteiger partial charge is 0.261 e. The van der Waals surface area contributed by atoms with Gasteiger partial charge >= 0.3 is 0 Å². The Morgan fingerprint density at radius 2 is 1.69 bits per heavy atom. The lowest BCUT2D eigenvalue weighted by molar-refractivity contribution is 0.0972. The largest absolute Gasteiger partial charge is 0.493 e. The van der Waals surface area contributed by atoms with E-state index in [0.717, 1.165) is 10.9 Å². The summed E-state index contributed by atoms with van der Waals surface area (Å²) in [5.74, 6) is 0.262. The Morgan fingerprint density at radius 1 is 0.971 bits per heavy atom. The van der Waals surface area contributed by atoms with Crippen LogP contribution in [0.25, 0.3) is 0 Å². The molecule has 0 saturated heterocycles.